The number of anilines is 1. The minimum absolute atomic E-state index is 0. The van der Waals surface area contributed by atoms with Gasteiger partial charge < -0.3 is 14.4 Å². The van der Waals surface area contributed by atoms with Crippen LogP contribution in [0.4, 0.5) is 5.69 Å². The van der Waals surface area contributed by atoms with E-state index >= 15 is 0 Å². The van der Waals surface area contributed by atoms with Crippen LogP contribution in [0, 0.1) is 0 Å². The largest absolute Gasteiger partial charge is 0.486 e. The Morgan fingerprint density at radius 3 is 2.34 bits per heavy atom. The van der Waals surface area contributed by atoms with E-state index < -0.39 is 15.9 Å². The lowest BCUT2D eigenvalue weighted by molar-refractivity contribution is 0.0868. The maximum Gasteiger partial charge on any atom is 0.269 e. The normalized spacial score (nSPS) is 18.5. The summed E-state index contributed by atoms with van der Waals surface area (Å²) in [7, 11) is -3.72. The summed E-state index contributed by atoms with van der Waals surface area (Å²) in [5.74, 6) is 1.03. The van der Waals surface area contributed by atoms with Crippen molar-refractivity contribution in [3.8, 4) is 11.5 Å². The monoisotopic (exact) mass is 563 g/mol. The highest BCUT2D eigenvalue weighted by molar-refractivity contribution is 7.90. The molecule has 1 fully saturated rings. The van der Waals surface area contributed by atoms with Gasteiger partial charge in [0.05, 0.1) is 11.3 Å². The summed E-state index contributed by atoms with van der Waals surface area (Å²) in [6.45, 7) is 5.56. The molecule has 3 aliphatic rings. The Labute approximate surface area is 223 Å². The Hall–Kier alpha value is -1.91. The van der Waals surface area contributed by atoms with Gasteiger partial charge in [-0.1, -0.05) is 23.7 Å². The van der Waals surface area contributed by atoms with Crippen LogP contribution in [0.2, 0.25) is 5.02 Å². The lowest BCUT2D eigenvalue weighted by Crippen LogP contribution is -2.47. The first kappa shape index (κ1) is 27.7. The number of unbranched alkanes of at least 4 members (excludes halogenated alkanes) is 1. The quantitative estimate of drug-likeness (QED) is 0.495. The van der Waals surface area contributed by atoms with Gasteiger partial charge in [-0.05, 0) is 37.6 Å². The van der Waals surface area contributed by atoms with Crippen molar-refractivity contribution in [2.75, 3.05) is 57.4 Å². The Bertz CT molecular complexity index is 1170. The number of nitrogens with zero attached hydrogens (tertiary/aromatic N) is 3. The van der Waals surface area contributed by atoms with Crippen LogP contribution >= 0.6 is 36.4 Å². The van der Waals surface area contributed by atoms with Crippen LogP contribution in [0.25, 0.3) is 0 Å². The molecule has 0 atom stereocenters. The van der Waals surface area contributed by atoms with Crippen molar-refractivity contribution in [2.24, 2.45) is 0 Å². The lowest BCUT2D eigenvalue weighted by atomic mass is 10.2. The number of rotatable bonds is 6. The van der Waals surface area contributed by atoms with E-state index in [1.807, 2.05) is 6.07 Å². The number of fused-ring (bicyclic) bond motifs is 2. The minimum atomic E-state index is -3.72. The van der Waals surface area contributed by atoms with Crippen LogP contribution in [0.5, 0.6) is 11.5 Å². The van der Waals surface area contributed by atoms with Gasteiger partial charge in [-0.2, -0.15) is 0 Å². The zero-order valence-corrected chi connectivity index (χ0v) is 22.2. The van der Waals surface area contributed by atoms with Crippen LogP contribution in [0.1, 0.15) is 23.2 Å². The molecule has 1 amide bonds. The fourth-order valence-electron chi connectivity index (χ4n) is 4.59. The van der Waals surface area contributed by atoms with E-state index in [0.29, 0.717) is 30.4 Å². The van der Waals surface area contributed by atoms with E-state index in [9.17, 15) is 13.2 Å². The summed E-state index contributed by atoms with van der Waals surface area (Å²) in [5, 5.41) is 0.630. The van der Waals surface area contributed by atoms with Crippen molar-refractivity contribution in [1.82, 2.24) is 9.21 Å². The van der Waals surface area contributed by atoms with Crippen LogP contribution < -0.4 is 14.4 Å². The highest BCUT2D eigenvalue weighted by atomic mass is 35.5. The van der Waals surface area contributed by atoms with Crippen molar-refractivity contribution in [3.63, 3.8) is 0 Å². The minimum Gasteiger partial charge on any atom is -0.486 e. The first-order valence-corrected chi connectivity index (χ1v) is 13.0. The number of hydrogen-bond acceptors (Lipinski definition) is 7. The molecule has 0 N–H and O–H groups in total. The van der Waals surface area contributed by atoms with E-state index in [1.165, 1.54) is 6.07 Å². The molecule has 12 heteroatoms. The standard InChI is InChI=1S/C23H26ClN3O5S.2ClH/c24-17-15-19(22-20(16-17)31-13-14-32-22)26-11-9-25(10-12-26)7-3-4-8-27-23(28)18-5-1-2-6-21(18)33(27,29)30;;/h1-2,5-6,15-16H,3-4,7-14H2;2*1H. The van der Waals surface area contributed by atoms with Crippen molar-refractivity contribution >= 4 is 58.0 Å². The summed E-state index contributed by atoms with van der Waals surface area (Å²) in [5.41, 5.74) is 1.24. The molecule has 192 valence electrons. The number of piperazine rings is 1. The number of hydrogen-bond donors (Lipinski definition) is 0. The van der Waals surface area contributed by atoms with Gasteiger partial charge in [-0.15, -0.1) is 24.8 Å². The SMILES string of the molecule is Cl.Cl.O=C1c2ccccc2S(=O)(=O)N1CCCCN1CCN(c2cc(Cl)cc3c2OCCO3)CC1. The summed E-state index contributed by atoms with van der Waals surface area (Å²) < 4.78 is 37.8. The van der Waals surface area contributed by atoms with Crippen molar-refractivity contribution in [2.45, 2.75) is 17.7 Å². The van der Waals surface area contributed by atoms with Crippen LogP contribution in [0.3, 0.4) is 0 Å². The zero-order chi connectivity index (χ0) is 23.0. The molecule has 0 radical (unpaired) electrons. The molecule has 0 aromatic heterocycles. The van der Waals surface area contributed by atoms with Gasteiger partial charge in [-0.25, -0.2) is 12.7 Å². The average molecular weight is 565 g/mol. The molecule has 3 heterocycles. The Morgan fingerprint density at radius 1 is 0.914 bits per heavy atom. The summed E-state index contributed by atoms with van der Waals surface area (Å²) in [6.07, 6.45) is 1.45. The summed E-state index contributed by atoms with van der Waals surface area (Å²) in [6, 6.07) is 10.1. The van der Waals surface area contributed by atoms with Crippen molar-refractivity contribution < 1.29 is 22.7 Å². The van der Waals surface area contributed by atoms with Gasteiger partial charge in [0.15, 0.2) is 11.5 Å². The van der Waals surface area contributed by atoms with Gasteiger partial charge >= 0.3 is 0 Å². The molecule has 5 rings (SSSR count). The average Bonchev–Trinajstić information content (AvgIpc) is 3.02. The summed E-state index contributed by atoms with van der Waals surface area (Å²) >= 11 is 6.28. The fourth-order valence-corrected chi connectivity index (χ4v) is 6.40. The number of ether oxygens (including phenoxy) is 2. The van der Waals surface area contributed by atoms with E-state index in [1.54, 1.807) is 24.3 Å². The van der Waals surface area contributed by atoms with Gasteiger partial charge in [0, 0.05) is 43.8 Å². The van der Waals surface area contributed by atoms with Gasteiger partial charge in [0.2, 0.25) is 0 Å². The molecule has 0 saturated carbocycles. The fraction of sp³-hybridized carbons (Fsp3) is 0.435. The maximum atomic E-state index is 12.6. The Kier molecular flexibility index (Phi) is 9.04. The molecule has 0 spiro atoms. The predicted octanol–water partition coefficient (Wildman–Crippen LogP) is 3.70. The topological polar surface area (TPSA) is 79.4 Å². The maximum absolute atomic E-state index is 12.6. The van der Waals surface area contributed by atoms with E-state index in [4.69, 9.17) is 21.1 Å². The second-order valence-corrected chi connectivity index (χ2v) is 10.6. The number of amides is 1. The lowest BCUT2D eigenvalue weighted by Gasteiger charge is -2.37. The molecule has 0 unspecified atom stereocenters. The van der Waals surface area contributed by atoms with E-state index in [-0.39, 0.29) is 41.8 Å². The molecule has 0 aliphatic carbocycles. The van der Waals surface area contributed by atoms with E-state index in [0.717, 1.165) is 54.9 Å². The van der Waals surface area contributed by atoms with Crippen molar-refractivity contribution in [1.29, 1.82) is 0 Å². The molecule has 3 aliphatic heterocycles. The zero-order valence-electron chi connectivity index (χ0n) is 19.0. The highest BCUT2D eigenvalue weighted by Crippen LogP contribution is 2.42. The molecule has 35 heavy (non-hydrogen) atoms. The number of benzene rings is 2. The third kappa shape index (κ3) is 5.44. The van der Waals surface area contributed by atoms with Crippen LogP contribution in [0.15, 0.2) is 41.3 Å². The number of sulfonamides is 1. The van der Waals surface area contributed by atoms with Crippen LogP contribution in [-0.4, -0.2) is 76.0 Å². The molecule has 0 bridgehead atoms. The second kappa shape index (κ2) is 11.4. The highest BCUT2D eigenvalue weighted by Gasteiger charge is 2.40. The Balaban J connectivity index is 0.00000171. The number of halogens is 3. The first-order chi connectivity index (χ1) is 15.9. The molecular formula is C23H28Cl3N3O5S. The third-order valence-electron chi connectivity index (χ3n) is 6.30. The first-order valence-electron chi connectivity index (χ1n) is 11.2. The van der Waals surface area contributed by atoms with Crippen molar-refractivity contribution in [3.05, 3.63) is 47.0 Å². The summed E-state index contributed by atoms with van der Waals surface area (Å²) in [4.78, 5) is 17.2. The van der Waals surface area contributed by atoms with Gasteiger partial charge in [0.25, 0.3) is 15.9 Å². The Morgan fingerprint density at radius 2 is 1.60 bits per heavy atom. The third-order valence-corrected chi connectivity index (χ3v) is 8.36. The second-order valence-electron chi connectivity index (χ2n) is 8.36. The smallest absolute Gasteiger partial charge is 0.269 e. The van der Waals surface area contributed by atoms with Crippen LogP contribution in [-0.2, 0) is 10.0 Å². The number of carbonyl (C=O) groups is 1. The van der Waals surface area contributed by atoms with Gasteiger partial charge in [-0.3, -0.25) is 9.69 Å². The predicted molar refractivity (Wildman–Crippen MR) is 139 cm³/mol. The number of carbonyl (C=O) groups excluding carboxylic acids is 1. The molecule has 8 nitrogen and oxygen atoms in total. The molecule has 2 aromatic carbocycles. The van der Waals surface area contributed by atoms with E-state index in [2.05, 4.69) is 9.80 Å². The molecular weight excluding hydrogens is 537 g/mol. The molecule has 2 aromatic rings. The molecule has 1 saturated heterocycles. The van der Waals surface area contributed by atoms with Gasteiger partial charge in [0.1, 0.15) is 18.1 Å².